The number of aliphatic carboxylic acids is 1. The van der Waals surface area contributed by atoms with Crippen molar-refractivity contribution in [3.8, 4) is 5.75 Å². The number of carbonyl (C=O) groups is 2. The summed E-state index contributed by atoms with van der Waals surface area (Å²) in [5.41, 5.74) is 4.89. The highest BCUT2D eigenvalue weighted by molar-refractivity contribution is 9.10. The number of rotatable bonds is 5. The maximum absolute atomic E-state index is 11.6. The number of nitrogens with one attached hydrogen (secondary N) is 1. The van der Waals surface area contributed by atoms with Crippen molar-refractivity contribution in [2.24, 2.45) is 0 Å². The standard InChI is InChI=1S/C13H18BrN3O5/c1-13(2,3)22-12(20)17-8(11(18)19)6-21-9-4-7(14)5-16-10(9)15/h4-5,8H,6H2,1-3H3,(H2,15,16)(H,17,20)(H,18,19)/t8-/m0/s1. The number of amides is 1. The number of pyridine rings is 1. The van der Waals surface area contributed by atoms with Crippen LogP contribution < -0.4 is 15.8 Å². The average Bonchev–Trinajstić information content (AvgIpc) is 2.35. The Morgan fingerprint density at radius 1 is 1.50 bits per heavy atom. The fraction of sp³-hybridized carbons (Fsp3) is 0.462. The van der Waals surface area contributed by atoms with Crippen LogP contribution in [0.25, 0.3) is 0 Å². The number of aromatic nitrogens is 1. The van der Waals surface area contributed by atoms with E-state index in [4.69, 9.17) is 20.3 Å². The van der Waals surface area contributed by atoms with E-state index in [1.54, 1.807) is 26.8 Å². The molecular formula is C13H18BrN3O5. The molecule has 9 heteroatoms. The average molecular weight is 376 g/mol. The van der Waals surface area contributed by atoms with Gasteiger partial charge in [0.1, 0.15) is 12.2 Å². The van der Waals surface area contributed by atoms with Crippen molar-refractivity contribution in [2.45, 2.75) is 32.4 Å². The predicted octanol–water partition coefficient (Wildman–Crippen LogP) is 1.78. The van der Waals surface area contributed by atoms with Crippen molar-refractivity contribution >= 4 is 33.8 Å². The summed E-state index contributed by atoms with van der Waals surface area (Å²) in [6.07, 6.45) is 0.638. The molecule has 0 aliphatic carbocycles. The van der Waals surface area contributed by atoms with Crippen molar-refractivity contribution in [2.75, 3.05) is 12.3 Å². The zero-order valence-corrected chi connectivity index (χ0v) is 14.0. The summed E-state index contributed by atoms with van der Waals surface area (Å²) in [6.45, 7) is 4.70. The van der Waals surface area contributed by atoms with Gasteiger partial charge in [0.05, 0.1) is 0 Å². The highest BCUT2D eigenvalue weighted by atomic mass is 79.9. The zero-order chi connectivity index (χ0) is 16.9. The first kappa shape index (κ1) is 18.0. The Kier molecular flexibility index (Phi) is 5.98. The molecule has 4 N–H and O–H groups in total. The Hall–Kier alpha value is -2.03. The van der Waals surface area contributed by atoms with Gasteiger partial charge in [-0.05, 0) is 42.8 Å². The number of alkyl carbamates (subject to hydrolysis) is 1. The summed E-state index contributed by atoms with van der Waals surface area (Å²) in [5, 5.41) is 11.3. The van der Waals surface area contributed by atoms with Crippen molar-refractivity contribution in [3.63, 3.8) is 0 Å². The first-order valence-electron chi connectivity index (χ1n) is 6.34. The Morgan fingerprint density at radius 2 is 2.14 bits per heavy atom. The molecule has 0 saturated heterocycles. The van der Waals surface area contributed by atoms with E-state index >= 15 is 0 Å². The van der Waals surface area contributed by atoms with Crippen LogP contribution in [-0.2, 0) is 9.53 Å². The summed E-state index contributed by atoms with van der Waals surface area (Å²) in [5.74, 6) is -0.927. The summed E-state index contributed by atoms with van der Waals surface area (Å²) in [7, 11) is 0. The largest absolute Gasteiger partial charge is 0.487 e. The van der Waals surface area contributed by atoms with Crippen LogP contribution in [0.1, 0.15) is 20.8 Å². The lowest BCUT2D eigenvalue weighted by Gasteiger charge is -2.22. The number of carboxylic acid groups (broad SMARTS) is 1. The summed E-state index contributed by atoms with van der Waals surface area (Å²) in [6, 6.07) is 0.266. The van der Waals surface area contributed by atoms with E-state index in [9.17, 15) is 9.59 Å². The van der Waals surface area contributed by atoms with Crippen LogP contribution >= 0.6 is 15.9 Å². The lowest BCUT2D eigenvalue weighted by molar-refractivity contribution is -0.140. The molecular weight excluding hydrogens is 358 g/mol. The van der Waals surface area contributed by atoms with Crippen LogP contribution in [-0.4, -0.2) is 40.4 Å². The van der Waals surface area contributed by atoms with Crippen molar-refractivity contribution < 1.29 is 24.2 Å². The summed E-state index contributed by atoms with van der Waals surface area (Å²) >= 11 is 3.20. The number of carboxylic acids is 1. The number of carbonyl (C=O) groups excluding carboxylic acids is 1. The minimum atomic E-state index is -1.28. The molecule has 0 radical (unpaired) electrons. The third kappa shape index (κ3) is 6.17. The highest BCUT2D eigenvalue weighted by Crippen LogP contribution is 2.23. The molecule has 1 heterocycles. The van der Waals surface area contributed by atoms with E-state index in [0.717, 1.165) is 0 Å². The maximum Gasteiger partial charge on any atom is 0.408 e. The predicted molar refractivity (Wildman–Crippen MR) is 82.6 cm³/mol. The second-order valence-corrected chi connectivity index (χ2v) is 6.30. The Labute approximate surface area is 136 Å². The Balaban J connectivity index is 2.67. The normalized spacial score (nSPS) is 12.4. The van der Waals surface area contributed by atoms with Gasteiger partial charge in [-0.15, -0.1) is 0 Å². The fourth-order valence-corrected chi connectivity index (χ4v) is 1.65. The smallest absolute Gasteiger partial charge is 0.408 e. The number of hydrogen-bond donors (Lipinski definition) is 3. The molecule has 0 saturated carbocycles. The van der Waals surface area contributed by atoms with Crippen LogP contribution in [0.15, 0.2) is 16.7 Å². The summed E-state index contributed by atoms with van der Waals surface area (Å²) in [4.78, 5) is 26.6. The van der Waals surface area contributed by atoms with Gasteiger partial charge in [-0.2, -0.15) is 0 Å². The van der Waals surface area contributed by atoms with E-state index in [1.807, 2.05) is 0 Å². The van der Waals surface area contributed by atoms with E-state index in [2.05, 4.69) is 26.2 Å². The molecule has 0 aliphatic heterocycles. The topological polar surface area (TPSA) is 124 Å². The Bertz CT molecular complexity index is 559. The molecule has 0 bridgehead atoms. The third-order valence-corrected chi connectivity index (χ3v) is 2.68. The number of nitrogens with two attached hydrogens (primary N) is 1. The van der Waals surface area contributed by atoms with Crippen LogP contribution in [0, 0.1) is 0 Å². The third-order valence-electron chi connectivity index (χ3n) is 2.24. The molecule has 1 amide bonds. The molecule has 0 spiro atoms. The molecule has 0 unspecified atom stereocenters. The van der Waals surface area contributed by atoms with Gasteiger partial charge in [0.25, 0.3) is 0 Å². The van der Waals surface area contributed by atoms with E-state index in [-0.39, 0.29) is 18.2 Å². The van der Waals surface area contributed by atoms with Crippen LogP contribution in [0.3, 0.4) is 0 Å². The lowest BCUT2D eigenvalue weighted by Crippen LogP contribution is -2.46. The van der Waals surface area contributed by atoms with E-state index in [0.29, 0.717) is 4.47 Å². The minimum Gasteiger partial charge on any atom is -0.487 e. The van der Waals surface area contributed by atoms with Gasteiger partial charge in [-0.1, -0.05) is 0 Å². The molecule has 1 aromatic rings. The van der Waals surface area contributed by atoms with E-state index < -0.39 is 23.7 Å². The SMILES string of the molecule is CC(C)(C)OC(=O)N[C@@H](COc1cc(Br)cnc1N)C(=O)O. The van der Waals surface area contributed by atoms with Gasteiger partial charge in [-0.3, -0.25) is 0 Å². The maximum atomic E-state index is 11.6. The van der Waals surface area contributed by atoms with Gasteiger partial charge in [-0.25, -0.2) is 14.6 Å². The van der Waals surface area contributed by atoms with Crippen molar-refractivity contribution in [1.29, 1.82) is 0 Å². The van der Waals surface area contributed by atoms with Crippen LogP contribution in [0.4, 0.5) is 10.6 Å². The molecule has 8 nitrogen and oxygen atoms in total. The molecule has 1 aromatic heterocycles. The molecule has 22 heavy (non-hydrogen) atoms. The Morgan fingerprint density at radius 3 is 2.68 bits per heavy atom. The van der Waals surface area contributed by atoms with Gasteiger partial charge in [0, 0.05) is 10.7 Å². The molecule has 1 atom stereocenters. The number of hydrogen-bond acceptors (Lipinski definition) is 6. The lowest BCUT2D eigenvalue weighted by atomic mass is 10.2. The number of nitrogen functional groups attached to an aromatic ring is 1. The monoisotopic (exact) mass is 375 g/mol. The van der Waals surface area contributed by atoms with Gasteiger partial charge in [0.15, 0.2) is 17.6 Å². The van der Waals surface area contributed by atoms with Gasteiger partial charge >= 0.3 is 12.1 Å². The zero-order valence-electron chi connectivity index (χ0n) is 12.4. The number of ether oxygens (including phenoxy) is 2. The first-order valence-corrected chi connectivity index (χ1v) is 7.14. The molecule has 0 aliphatic rings. The second-order valence-electron chi connectivity index (χ2n) is 5.38. The quantitative estimate of drug-likeness (QED) is 0.716. The highest BCUT2D eigenvalue weighted by Gasteiger charge is 2.25. The second kappa shape index (κ2) is 7.30. The number of anilines is 1. The van der Waals surface area contributed by atoms with Crippen LogP contribution in [0.2, 0.25) is 0 Å². The fourth-order valence-electron chi connectivity index (χ4n) is 1.34. The first-order chi connectivity index (χ1) is 10.1. The number of halogens is 1. The molecule has 1 rings (SSSR count). The minimum absolute atomic E-state index is 0.115. The van der Waals surface area contributed by atoms with Crippen molar-refractivity contribution in [3.05, 3.63) is 16.7 Å². The molecule has 122 valence electrons. The summed E-state index contributed by atoms with van der Waals surface area (Å²) < 4.78 is 10.9. The van der Waals surface area contributed by atoms with Gasteiger partial charge in [0.2, 0.25) is 0 Å². The number of nitrogens with zero attached hydrogens (tertiary/aromatic N) is 1. The van der Waals surface area contributed by atoms with Gasteiger partial charge < -0.3 is 25.6 Å². The molecule has 0 aromatic carbocycles. The molecule has 0 fully saturated rings. The van der Waals surface area contributed by atoms with Crippen molar-refractivity contribution in [1.82, 2.24) is 10.3 Å². The van der Waals surface area contributed by atoms with Crippen LogP contribution in [0.5, 0.6) is 5.75 Å². The van der Waals surface area contributed by atoms with E-state index in [1.165, 1.54) is 6.20 Å².